The van der Waals surface area contributed by atoms with Crippen LogP contribution in [-0.4, -0.2) is 0 Å². The molecule has 0 heterocycles. The Bertz CT molecular complexity index is 3880. The minimum atomic E-state index is -0.620. The van der Waals surface area contributed by atoms with Crippen LogP contribution in [0.2, 0.25) is 0 Å². The quantitative estimate of drug-likeness (QED) is 0.155. The van der Waals surface area contributed by atoms with E-state index in [9.17, 15) is 0 Å². The molecule has 0 saturated carbocycles. The number of hydrogen-bond acceptors (Lipinski definition) is 0. The molecule has 0 atom stereocenters. The molecule has 0 aliphatic heterocycles. The van der Waals surface area contributed by atoms with Gasteiger partial charge in [0, 0.05) is 0 Å². The summed E-state index contributed by atoms with van der Waals surface area (Å²) in [4.78, 5) is 0. The monoisotopic (exact) mass is 834 g/mol. The maximum atomic E-state index is 2.52. The molecule has 0 radical (unpaired) electrons. The molecule has 1 aliphatic carbocycles. The Hall–Kier alpha value is -8.32. The van der Waals surface area contributed by atoms with Crippen molar-refractivity contribution in [3.63, 3.8) is 0 Å². The third-order valence-corrected chi connectivity index (χ3v) is 15.0. The number of benzene rings is 13. The Morgan fingerprint density at radius 2 is 0.591 bits per heavy atom. The number of hydrogen-bond donors (Lipinski definition) is 0. The van der Waals surface area contributed by atoms with E-state index in [0.717, 1.165) is 0 Å². The highest BCUT2D eigenvalue weighted by Crippen LogP contribution is 2.59. The van der Waals surface area contributed by atoms with E-state index in [4.69, 9.17) is 0 Å². The first-order chi connectivity index (χ1) is 32.6. The van der Waals surface area contributed by atoms with E-state index in [1.165, 1.54) is 137 Å². The van der Waals surface area contributed by atoms with Crippen LogP contribution in [0.15, 0.2) is 237 Å². The highest BCUT2D eigenvalue weighted by atomic mass is 14.5. The second-order valence-corrected chi connectivity index (χ2v) is 18.4. The van der Waals surface area contributed by atoms with Gasteiger partial charge in [-0.25, -0.2) is 0 Å². The molecule has 0 aromatic heterocycles. The highest BCUT2D eigenvalue weighted by Gasteiger charge is 2.47. The van der Waals surface area contributed by atoms with Crippen LogP contribution < -0.4 is 0 Å². The van der Waals surface area contributed by atoms with Crippen LogP contribution in [-0.2, 0) is 5.41 Å². The van der Waals surface area contributed by atoms with Crippen molar-refractivity contribution in [1.82, 2.24) is 0 Å². The lowest BCUT2D eigenvalue weighted by atomic mass is 9.66. The zero-order valence-corrected chi connectivity index (χ0v) is 36.5. The Labute approximate surface area is 383 Å². The lowest BCUT2D eigenvalue weighted by Gasteiger charge is -2.35. The van der Waals surface area contributed by atoms with Crippen molar-refractivity contribution in [2.45, 2.75) is 12.3 Å². The summed E-state index contributed by atoms with van der Waals surface area (Å²) >= 11 is 0. The van der Waals surface area contributed by atoms with E-state index in [-0.39, 0.29) is 0 Å². The lowest BCUT2D eigenvalue weighted by molar-refractivity contribution is 0.776. The van der Waals surface area contributed by atoms with Crippen molar-refractivity contribution < 1.29 is 0 Å². The Balaban J connectivity index is 1.05. The van der Waals surface area contributed by atoms with Crippen molar-refractivity contribution in [2.24, 2.45) is 0 Å². The van der Waals surface area contributed by atoms with Gasteiger partial charge in [0.05, 0.1) is 5.41 Å². The van der Waals surface area contributed by atoms with Gasteiger partial charge >= 0.3 is 0 Å². The SMILES string of the molecule is Cc1ccc(C2(c3cccc4ccccc34)c3cc(-c4ccc5c6ccccc6c6ccccc6c5c4)ccc3-c3ccc(-c4ccc5c6ccccc6c6ccccc6c5c4)cc32)cc1. The lowest BCUT2D eigenvalue weighted by Crippen LogP contribution is -2.29. The standard InChI is InChI=1S/C66H42/c1-41-25-31-47(32-26-41)66(63-24-12-14-42-13-2-3-15-48(42)63)64-39-45(43-27-33-57-53-20-6-4-16-49(53)51-18-8-10-22-55(51)61(57)37-43)29-35-59(64)60-36-30-46(40-65(60)66)44-28-34-58-54-21-7-5-17-50(54)52-19-9-11-23-56(52)62(58)38-44/h2-40H,1H3. The van der Waals surface area contributed by atoms with Crippen molar-refractivity contribution in [1.29, 1.82) is 0 Å². The number of fused-ring (bicyclic) bond motifs is 16. The minimum Gasteiger partial charge on any atom is -0.0616 e. The molecule has 66 heavy (non-hydrogen) atoms. The number of aryl methyl sites for hydroxylation is 1. The average molecular weight is 835 g/mol. The summed E-state index contributed by atoms with van der Waals surface area (Å²) in [5.41, 5.74) is 13.2. The van der Waals surface area contributed by atoms with E-state index in [1.54, 1.807) is 0 Å². The summed E-state index contributed by atoms with van der Waals surface area (Å²) in [5.74, 6) is 0. The Kier molecular flexibility index (Phi) is 7.92. The van der Waals surface area contributed by atoms with E-state index in [2.05, 4.69) is 244 Å². The van der Waals surface area contributed by atoms with Crippen LogP contribution in [0, 0.1) is 6.92 Å². The van der Waals surface area contributed by atoms with E-state index in [0.29, 0.717) is 0 Å². The third-order valence-electron chi connectivity index (χ3n) is 15.0. The van der Waals surface area contributed by atoms with E-state index < -0.39 is 5.41 Å². The van der Waals surface area contributed by atoms with Crippen LogP contribution in [0.25, 0.3) is 109 Å². The smallest absolute Gasteiger partial charge is 0.0616 e. The topological polar surface area (TPSA) is 0 Å². The second kappa shape index (κ2) is 14.1. The average Bonchev–Trinajstić information content (AvgIpc) is 3.68. The van der Waals surface area contributed by atoms with E-state index in [1.807, 2.05) is 0 Å². The molecule has 0 nitrogen and oxygen atoms in total. The van der Waals surface area contributed by atoms with Gasteiger partial charge in [0.25, 0.3) is 0 Å². The molecule has 0 fully saturated rings. The van der Waals surface area contributed by atoms with Crippen LogP contribution in [0.3, 0.4) is 0 Å². The maximum Gasteiger partial charge on any atom is 0.0719 e. The number of rotatable bonds is 4. The third kappa shape index (κ3) is 5.21. The first-order valence-corrected chi connectivity index (χ1v) is 23.2. The fourth-order valence-electron chi connectivity index (χ4n) is 12.0. The zero-order chi connectivity index (χ0) is 43.5. The summed E-state index contributed by atoms with van der Waals surface area (Å²) in [5, 5.41) is 18.0. The molecule has 0 spiro atoms. The summed E-state index contributed by atoms with van der Waals surface area (Å²) in [7, 11) is 0. The fourth-order valence-corrected chi connectivity index (χ4v) is 12.0. The molecule has 0 heteroatoms. The predicted octanol–water partition coefficient (Wildman–Crippen LogP) is 17.8. The molecule has 0 unspecified atom stereocenters. The first-order valence-electron chi connectivity index (χ1n) is 23.2. The van der Waals surface area contributed by atoms with Crippen LogP contribution >= 0.6 is 0 Å². The molecule has 0 bridgehead atoms. The highest BCUT2D eigenvalue weighted by molar-refractivity contribution is 6.27. The van der Waals surface area contributed by atoms with Crippen LogP contribution in [0.5, 0.6) is 0 Å². The van der Waals surface area contributed by atoms with Gasteiger partial charge < -0.3 is 0 Å². The molecule has 1 aliphatic rings. The normalized spacial score (nSPS) is 13.0. The van der Waals surface area contributed by atoms with Crippen LogP contribution in [0.4, 0.5) is 0 Å². The van der Waals surface area contributed by atoms with E-state index >= 15 is 0 Å². The van der Waals surface area contributed by atoms with Gasteiger partial charge in [-0.05, 0) is 162 Å². The zero-order valence-electron chi connectivity index (χ0n) is 36.5. The molecular formula is C66H42. The first kappa shape index (κ1) is 37.1. The molecule has 0 N–H and O–H groups in total. The molecule has 0 saturated heterocycles. The minimum absolute atomic E-state index is 0.620. The fraction of sp³-hybridized carbons (Fsp3) is 0.0303. The van der Waals surface area contributed by atoms with Gasteiger partial charge in [0.1, 0.15) is 0 Å². The van der Waals surface area contributed by atoms with Gasteiger partial charge in [-0.2, -0.15) is 0 Å². The predicted molar refractivity (Wildman–Crippen MR) is 282 cm³/mol. The van der Waals surface area contributed by atoms with Crippen LogP contribution in [0.1, 0.15) is 27.8 Å². The van der Waals surface area contributed by atoms with Crippen molar-refractivity contribution in [3.05, 3.63) is 264 Å². The van der Waals surface area contributed by atoms with Gasteiger partial charge in [0.15, 0.2) is 0 Å². The Morgan fingerprint density at radius 3 is 1.05 bits per heavy atom. The molecule has 306 valence electrons. The van der Waals surface area contributed by atoms with Gasteiger partial charge in [0.2, 0.25) is 0 Å². The summed E-state index contributed by atoms with van der Waals surface area (Å²) in [6, 6.07) is 89.5. The largest absolute Gasteiger partial charge is 0.0719 e. The van der Waals surface area contributed by atoms with Crippen molar-refractivity contribution in [2.75, 3.05) is 0 Å². The second-order valence-electron chi connectivity index (χ2n) is 18.4. The van der Waals surface area contributed by atoms with Gasteiger partial charge in [-0.3, -0.25) is 0 Å². The van der Waals surface area contributed by atoms with Crippen molar-refractivity contribution in [3.8, 4) is 33.4 Å². The van der Waals surface area contributed by atoms with Gasteiger partial charge in [-0.1, -0.05) is 218 Å². The molecule has 14 rings (SSSR count). The molecular weight excluding hydrogens is 793 g/mol. The summed E-state index contributed by atoms with van der Waals surface area (Å²) < 4.78 is 0. The Morgan fingerprint density at radius 1 is 0.242 bits per heavy atom. The molecule has 13 aromatic rings. The molecule has 0 amide bonds. The summed E-state index contributed by atoms with van der Waals surface area (Å²) in [6.07, 6.45) is 0. The van der Waals surface area contributed by atoms with Crippen molar-refractivity contribution >= 4 is 75.4 Å². The maximum absolute atomic E-state index is 2.52. The molecule has 13 aromatic carbocycles. The van der Waals surface area contributed by atoms with Gasteiger partial charge in [-0.15, -0.1) is 0 Å². The summed E-state index contributed by atoms with van der Waals surface area (Å²) in [6.45, 7) is 2.19.